The number of carbonyl (C=O) groups is 2. The third kappa shape index (κ3) is 10.8. The van der Waals surface area contributed by atoms with Gasteiger partial charge in [0.05, 0.1) is 40.8 Å². The van der Waals surface area contributed by atoms with Crippen LogP contribution in [0.1, 0.15) is 74.7 Å². The van der Waals surface area contributed by atoms with Gasteiger partial charge in [0.15, 0.2) is 6.29 Å². The molecule has 0 unspecified atom stereocenters. The summed E-state index contributed by atoms with van der Waals surface area (Å²) in [4.78, 5) is 30.5. The second-order valence-corrected chi connectivity index (χ2v) is 18.3. The number of nitrogens with one attached hydrogen (secondary N) is 1. The summed E-state index contributed by atoms with van der Waals surface area (Å²) in [7, 11) is 5.07. The van der Waals surface area contributed by atoms with Crippen molar-refractivity contribution in [1.82, 2.24) is 9.80 Å². The summed E-state index contributed by atoms with van der Waals surface area (Å²) in [5.41, 5.74) is -3.63. The number of hydrogen-bond donors (Lipinski definition) is 6. The maximum Gasteiger partial charge on any atom is 0.322 e. The van der Waals surface area contributed by atoms with E-state index in [1.54, 1.807) is 20.8 Å². The van der Waals surface area contributed by atoms with Crippen molar-refractivity contribution in [3.05, 3.63) is 24.3 Å². The SMILES string of the molecule is CC[C@H]1OC(=O)[C@H](C)[C@@H](O)[C@H](C)[C@@H](O[C@@H]2O[C@H](C)C[C@H](N(C)C)[C@H]2O)[C@](C)(O)C[C@@H](C)CN(C(=O)Nc2ccc(S(=O)(=O)Cl)cc2)[C@H](C)[C@@H](O)[C@]1(C)O. The van der Waals surface area contributed by atoms with E-state index in [0.29, 0.717) is 6.42 Å². The van der Waals surface area contributed by atoms with Crippen LogP contribution in [0, 0.1) is 17.8 Å². The number of anilines is 1. The highest BCUT2D eigenvalue weighted by Gasteiger charge is 2.50. The third-order valence-electron chi connectivity index (χ3n) is 10.8. The van der Waals surface area contributed by atoms with Crippen LogP contribution in [-0.2, 0) is 28.1 Å². The lowest BCUT2D eigenvalue weighted by Crippen LogP contribution is -2.61. The number of hydrogen-bond acceptors (Lipinski definition) is 13. The van der Waals surface area contributed by atoms with Crippen LogP contribution in [0.2, 0.25) is 0 Å². The number of amides is 2. The van der Waals surface area contributed by atoms with Crippen LogP contribution in [0.4, 0.5) is 10.5 Å². The summed E-state index contributed by atoms with van der Waals surface area (Å²) >= 11 is 0. The van der Waals surface area contributed by atoms with Gasteiger partial charge < -0.3 is 54.9 Å². The molecule has 1 aromatic carbocycles. The number of aliphatic hydroxyl groups excluding tert-OH is 3. The minimum absolute atomic E-state index is 0.0358. The molecule has 304 valence electrons. The lowest BCUT2D eigenvalue weighted by molar-refractivity contribution is -0.299. The van der Waals surface area contributed by atoms with E-state index in [1.807, 2.05) is 25.9 Å². The first-order valence-corrected chi connectivity index (χ1v) is 20.4. The van der Waals surface area contributed by atoms with Crippen molar-refractivity contribution in [2.75, 3.05) is 26.0 Å². The Kier molecular flexibility index (Phi) is 15.2. The Morgan fingerprint density at radius 1 is 1.06 bits per heavy atom. The molecule has 14 atom stereocenters. The van der Waals surface area contributed by atoms with Crippen LogP contribution >= 0.6 is 10.7 Å². The number of ether oxygens (including phenoxy) is 3. The van der Waals surface area contributed by atoms with Gasteiger partial charge in [-0.2, -0.15) is 0 Å². The van der Waals surface area contributed by atoms with E-state index >= 15 is 0 Å². The molecule has 2 saturated heterocycles. The average molecular weight is 794 g/mol. The zero-order chi connectivity index (χ0) is 40.4. The molecule has 0 aliphatic carbocycles. The van der Waals surface area contributed by atoms with E-state index in [0.717, 1.165) is 0 Å². The number of cyclic esters (lactones) is 1. The van der Waals surface area contributed by atoms with Gasteiger partial charge in [-0.3, -0.25) is 4.79 Å². The Balaban J connectivity index is 2.09. The molecule has 2 aliphatic rings. The highest BCUT2D eigenvalue weighted by atomic mass is 35.7. The smallest absolute Gasteiger partial charge is 0.322 e. The van der Waals surface area contributed by atoms with Crippen molar-refractivity contribution >= 4 is 37.4 Å². The van der Waals surface area contributed by atoms with Gasteiger partial charge >= 0.3 is 12.0 Å². The van der Waals surface area contributed by atoms with Gasteiger partial charge in [0.2, 0.25) is 0 Å². The number of halogens is 1. The van der Waals surface area contributed by atoms with Crippen molar-refractivity contribution in [1.29, 1.82) is 0 Å². The zero-order valence-electron chi connectivity index (χ0n) is 32.3. The van der Waals surface area contributed by atoms with Crippen LogP contribution < -0.4 is 5.32 Å². The first kappa shape index (κ1) is 45.3. The molecule has 2 aliphatic heterocycles. The fourth-order valence-corrected chi connectivity index (χ4v) is 8.44. The number of rotatable bonds is 6. The molecule has 2 amide bonds. The normalized spacial score (nSPS) is 39.9. The predicted octanol–water partition coefficient (Wildman–Crippen LogP) is 2.51. The van der Waals surface area contributed by atoms with Gasteiger partial charge in [0.25, 0.3) is 9.05 Å². The van der Waals surface area contributed by atoms with Crippen LogP contribution in [0.15, 0.2) is 29.2 Å². The zero-order valence-corrected chi connectivity index (χ0v) is 33.9. The van der Waals surface area contributed by atoms with Crippen LogP contribution in [0.25, 0.3) is 0 Å². The molecular formula is C36H60ClN3O12S. The minimum Gasteiger partial charge on any atom is -0.459 e. The predicted molar refractivity (Wildman–Crippen MR) is 198 cm³/mol. The number of esters is 1. The first-order valence-electron chi connectivity index (χ1n) is 18.1. The van der Waals surface area contributed by atoms with Gasteiger partial charge in [0.1, 0.15) is 23.9 Å². The molecule has 0 aromatic heterocycles. The summed E-state index contributed by atoms with van der Waals surface area (Å²) in [6, 6.07) is 2.97. The van der Waals surface area contributed by atoms with E-state index in [-0.39, 0.29) is 42.1 Å². The van der Waals surface area contributed by atoms with E-state index in [4.69, 9.17) is 24.9 Å². The second kappa shape index (κ2) is 17.8. The van der Waals surface area contributed by atoms with E-state index in [1.165, 1.54) is 56.9 Å². The molecule has 0 bridgehead atoms. The average Bonchev–Trinajstić information content (AvgIpc) is 3.06. The maximum atomic E-state index is 14.0. The van der Waals surface area contributed by atoms with Gasteiger partial charge in [-0.1, -0.05) is 20.8 Å². The monoisotopic (exact) mass is 793 g/mol. The van der Waals surface area contributed by atoms with Crippen molar-refractivity contribution < 1.29 is 57.8 Å². The standard InChI is InChI=1S/C36H60ClN3O12S/c1-11-27-36(8,47)30(43)23(6)40(34(45)38-24-12-14-25(15-13-24)53(37,48)49)18-19(2)17-35(7,46)31(21(4)28(41)22(5)32(44)51-27)52-33-29(42)26(39(9)10)16-20(3)50-33/h12-15,19-23,26-31,33,41-43,46-47H,11,16-18H2,1-10H3,(H,38,45)/t19-,20-,21+,22-,23-,26+,27-,28+,29-,30-,31-,33+,35-,36-/m1/s1. The Labute approximate surface area is 318 Å². The van der Waals surface area contributed by atoms with Gasteiger partial charge in [-0.05, 0) is 98.2 Å². The van der Waals surface area contributed by atoms with Gasteiger partial charge in [-0.15, -0.1) is 0 Å². The number of carbonyl (C=O) groups excluding carboxylic acids is 2. The fraction of sp³-hybridized carbons (Fsp3) is 0.778. The molecule has 0 radical (unpaired) electrons. The van der Waals surface area contributed by atoms with E-state index in [2.05, 4.69) is 5.32 Å². The van der Waals surface area contributed by atoms with Crippen molar-refractivity contribution in [3.63, 3.8) is 0 Å². The number of likely N-dealkylation sites (N-methyl/N-ethyl adjacent to an activating group) is 1. The van der Waals surface area contributed by atoms with Crippen molar-refractivity contribution in [2.24, 2.45) is 17.8 Å². The Morgan fingerprint density at radius 3 is 2.17 bits per heavy atom. The topological polar surface area (TPSA) is 216 Å². The van der Waals surface area contributed by atoms with Crippen molar-refractivity contribution in [3.8, 4) is 0 Å². The summed E-state index contributed by atoms with van der Waals surface area (Å²) in [6.45, 7) is 12.6. The third-order valence-corrected chi connectivity index (χ3v) is 12.2. The van der Waals surface area contributed by atoms with Crippen LogP contribution in [0.5, 0.6) is 0 Å². The highest BCUT2D eigenvalue weighted by molar-refractivity contribution is 8.13. The summed E-state index contributed by atoms with van der Waals surface area (Å²) in [5, 5.41) is 61.2. The lowest BCUT2D eigenvalue weighted by atomic mass is 9.78. The molecule has 0 saturated carbocycles. The Hall–Kier alpha value is -2.12. The number of nitrogens with zero attached hydrogens (tertiary/aromatic N) is 2. The summed E-state index contributed by atoms with van der Waals surface area (Å²) in [6.07, 6.45) is -7.66. The molecule has 2 heterocycles. The molecule has 1 aromatic rings. The summed E-state index contributed by atoms with van der Waals surface area (Å²) in [5.74, 6) is -3.52. The molecule has 15 nitrogen and oxygen atoms in total. The molecule has 2 fully saturated rings. The first-order chi connectivity index (χ1) is 24.3. The number of aliphatic hydroxyl groups is 5. The van der Waals surface area contributed by atoms with Crippen LogP contribution in [0.3, 0.4) is 0 Å². The van der Waals surface area contributed by atoms with E-state index < -0.39 is 92.9 Å². The summed E-state index contributed by atoms with van der Waals surface area (Å²) < 4.78 is 41.7. The quantitative estimate of drug-likeness (QED) is 0.181. The van der Waals surface area contributed by atoms with Crippen LogP contribution in [-0.4, -0.2) is 143 Å². The Morgan fingerprint density at radius 2 is 1.64 bits per heavy atom. The van der Waals surface area contributed by atoms with Gasteiger partial charge in [-0.25, -0.2) is 13.2 Å². The maximum absolute atomic E-state index is 14.0. The van der Waals surface area contributed by atoms with Crippen molar-refractivity contribution in [2.45, 2.75) is 146 Å². The molecule has 6 N–H and O–H groups in total. The highest BCUT2D eigenvalue weighted by Crippen LogP contribution is 2.37. The second-order valence-electron chi connectivity index (χ2n) is 15.7. The Bertz CT molecular complexity index is 1500. The molecule has 53 heavy (non-hydrogen) atoms. The minimum atomic E-state index is -4.02. The lowest BCUT2D eigenvalue weighted by Gasteiger charge is -2.46. The molecule has 3 rings (SSSR count). The van der Waals surface area contributed by atoms with E-state index in [9.17, 15) is 43.5 Å². The fourth-order valence-electron chi connectivity index (χ4n) is 7.67. The molecule has 17 heteroatoms. The molecular weight excluding hydrogens is 734 g/mol. The largest absolute Gasteiger partial charge is 0.459 e. The molecule has 0 spiro atoms. The van der Waals surface area contributed by atoms with Gasteiger partial charge in [0, 0.05) is 34.9 Å². The number of benzene rings is 1. The number of urea groups is 1.